The lowest BCUT2D eigenvalue weighted by Gasteiger charge is -2.05. The van der Waals surface area contributed by atoms with Crippen LogP contribution in [0.1, 0.15) is 35.4 Å². The van der Waals surface area contributed by atoms with Crippen LogP contribution < -0.4 is 11.5 Å². The van der Waals surface area contributed by atoms with Crippen LogP contribution in [0.15, 0.2) is 29.3 Å². The molecule has 17 heavy (non-hydrogen) atoms. The summed E-state index contributed by atoms with van der Waals surface area (Å²) in [5.74, 6) is -0.815. The van der Waals surface area contributed by atoms with Gasteiger partial charge in [0, 0.05) is 5.56 Å². The summed E-state index contributed by atoms with van der Waals surface area (Å²) >= 11 is 0. The molecular formula is C11H15ClFN3O. The monoisotopic (exact) mass is 259 g/mol. The number of carbonyl (C=O) groups excluding carboxylic acids is 1. The molecule has 1 aromatic rings. The molecule has 0 heterocycles. The van der Waals surface area contributed by atoms with Crippen LogP contribution in [0.5, 0.6) is 0 Å². The van der Waals surface area contributed by atoms with E-state index in [9.17, 15) is 9.18 Å². The van der Waals surface area contributed by atoms with Gasteiger partial charge in [0.2, 0.25) is 0 Å². The summed E-state index contributed by atoms with van der Waals surface area (Å²) in [6.45, 7) is 1.75. The highest BCUT2D eigenvalue weighted by molar-refractivity contribution is 6.01. The number of amides is 1. The minimum absolute atomic E-state index is 0. The van der Waals surface area contributed by atoms with Crippen molar-refractivity contribution in [3.05, 3.63) is 35.4 Å². The number of guanidine groups is 1. The molecule has 0 radical (unpaired) electrons. The minimum atomic E-state index is -1.01. The van der Waals surface area contributed by atoms with Gasteiger partial charge in [-0.15, -0.1) is 12.4 Å². The summed E-state index contributed by atoms with van der Waals surface area (Å²) in [5.41, 5.74) is 11.0. The highest BCUT2D eigenvalue weighted by atomic mass is 35.5. The van der Waals surface area contributed by atoms with Crippen LogP contribution in [0, 0.1) is 0 Å². The van der Waals surface area contributed by atoms with E-state index in [0.29, 0.717) is 17.5 Å². The van der Waals surface area contributed by atoms with Gasteiger partial charge in [-0.2, -0.15) is 4.99 Å². The smallest absolute Gasteiger partial charge is 0.280 e. The van der Waals surface area contributed by atoms with E-state index in [-0.39, 0.29) is 18.4 Å². The second-order valence-electron chi connectivity index (χ2n) is 3.34. The maximum Gasteiger partial charge on any atom is 0.280 e. The lowest BCUT2D eigenvalue weighted by atomic mass is 10.1. The van der Waals surface area contributed by atoms with Gasteiger partial charge < -0.3 is 11.5 Å². The van der Waals surface area contributed by atoms with Crippen molar-refractivity contribution < 1.29 is 9.18 Å². The quantitative estimate of drug-likeness (QED) is 0.643. The number of nitrogens with two attached hydrogens (primary N) is 2. The third kappa shape index (κ3) is 4.40. The van der Waals surface area contributed by atoms with Crippen LogP contribution in [-0.2, 0) is 0 Å². The number of nitrogens with zero attached hydrogens (tertiary/aromatic N) is 1. The summed E-state index contributed by atoms with van der Waals surface area (Å²) in [5, 5.41) is 0. The number of hydrogen-bond donors (Lipinski definition) is 2. The largest absolute Gasteiger partial charge is 0.370 e. The lowest BCUT2D eigenvalue weighted by Crippen LogP contribution is -2.24. The van der Waals surface area contributed by atoms with E-state index in [1.54, 1.807) is 19.1 Å². The Morgan fingerprint density at radius 2 is 1.88 bits per heavy atom. The van der Waals surface area contributed by atoms with Gasteiger partial charge in [-0.1, -0.05) is 19.1 Å². The number of hydrogen-bond acceptors (Lipinski definition) is 1. The molecule has 4 N–H and O–H groups in total. The second kappa shape index (κ2) is 6.85. The summed E-state index contributed by atoms with van der Waals surface area (Å²) in [6, 6.07) is 6.13. The maximum absolute atomic E-state index is 13.3. The fourth-order valence-electron chi connectivity index (χ4n) is 1.25. The van der Waals surface area contributed by atoms with Gasteiger partial charge in [-0.3, -0.25) is 4.79 Å². The van der Waals surface area contributed by atoms with Gasteiger partial charge in [0.1, 0.15) is 6.17 Å². The van der Waals surface area contributed by atoms with E-state index < -0.39 is 12.1 Å². The average molecular weight is 260 g/mol. The van der Waals surface area contributed by atoms with Gasteiger partial charge in [-0.25, -0.2) is 4.39 Å². The van der Waals surface area contributed by atoms with Crippen LogP contribution in [0.4, 0.5) is 4.39 Å². The van der Waals surface area contributed by atoms with E-state index in [0.717, 1.165) is 0 Å². The molecular weight excluding hydrogens is 245 g/mol. The Hall–Kier alpha value is -1.62. The molecule has 1 aromatic carbocycles. The van der Waals surface area contributed by atoms with Crippen molar-refractivity contribution in [3.8, 4) is 0 Å². The van der Waals surface area contributed by atoms with Crippen LogP contribution >= 0.6 is 12.4 Å². The standard InChI is InChI=1S/C11H14FN3O.ClH/c1-2-9(12)7-3-5-8(6-4-7)10(16)15-11(13)14;/h3-6,9H,2H2,1H3,(H4,13,14,15,16);1H. The molecule has 0 aromatic heterocycles. The molecule has 0 saturated carbocycles. The fraction of sp³-hybridized carbons (Fsp3) is 0.273. The van der Waals surface area contributed by atoms with Crippen LogP contribution in [0.3, 0.4) is 0 Å². The molecule has 0 aliphatic heterocycles. The predicted molar refractivity (Wildman–Crippen MR) is 68.0 cm³/mol. The normalized spacial score (nSPS) is 11.2. The van der Waals surface area contributed by atoms with Gasteiger partial charge in [0.15, 0.2) is 5.96 Å². The molecule has 0 bridgehead atoms. The second-order valence-corrected chi connectivity index (χ2v) is 3.34. The van der Waals surface area contributed by atoms with Crippen LogP contribution in [0.2, 0.25) is 0 Å². The van der Waals surface area contributed by atoms with E-state index in [1.165, 1.54) is 12.1 Å². The van der Waals surface area contributed by atoms with Crippen molar-refractivity contribution in [1.82, 2.24) is 0 Å². The van der Waals surface area contributed by atoms with Crippen molar-refractivity contribution in [1.29, 1.82) is 0 Å². The number of halogens is 2. The first-order chi connectivity index (χ1) is 7.54. The Labute approximate surface area is 105 Å². The number of alkyl halides is 1. The first-order valence-corrected chi connectivity index (χ1v) is 4.92. The van der Waals surface area contributed by atoms with Gasteiger partial charge in [0.05, 0.1) is 0 Å². The molecule has 6 heteroatoms. The summed E-state index contributed by atoms with van der Waals surface area (Å²) in [7, 11) is 0. The highest BCUT2D eigenvalue weighted by Gasteiger charge is 2.08. The molecule has 0 aliphatic rings. The molecule has 4 nitrogen and oxygen atoms in total. The van der Waals surface area contributed by atoms with Crippen molar-refractivity contribution in [2.24, 2.45) is 16.5 Å². The van der Waals surface area contributed by atoms with Crippen molar-refractivity contribution >= 4 is 24.3 Å². The molecule has 0 saturated heterocycles. The van der Waals surface area contributed by atoms with Crippen LogP contribution in [0.25, 0.3) is 0 Å². The molecule has 1 unspecified atom stereocenters. The Bertz CT molecular complexity index is 402. The first-order valence-electron chi connectivity index (χ1n) is 4.92. The number of rotatable bonds is 3. The summed E-state index contributed by atoms with van der Waals surface area (Å²) < 4.78 is 13.3. The third-order valence-corrected chi connectivity index (χ3v) is 2.11. The van der Waals surface area contributed by atoms with E-state index in [2.05, 4.69) is 4.99 Å². The lowest BCUT2D eigenvalue weighted by molar-refractivity contribution is 0.100. The van der Waals surface area contributed by atoms with Crippen molar-refractivity contribution in [3.63, 3.8) is 0 Å². The fourth-order valence-corrected chi connectivity index (χ4v) is 1.25. The molecule has 94 valence electrons. The molecule has 1 amide bonds. The van der Waals surface area contributed by atoms with Crippen LogP contribution in [-0.4, -0.2) is 11.9 Å². The molecule has 0 fully saturated rings. The van der Waals surface area contributed by atoms with Crippen molar-refractivity contribution in [2.75, 3.05) is 0 Å². The van der Waals surface area contributed by atoms with Gasteiger partial charge in [0.25, 0.3) is 5.91 Å². The third-order valence-electron chi connectivity index (χ3n) is 2.11. The topological polar surface area (TPSA) is 81.5 Å². The highest BCUT2D eigenvalue weighted by Crippen LogP contribution is 2.20. The predicted octanol–water partition coefficient (Wildman–Crippen LogP) is 1.94. The zero-order valence-electron chi connectivity index (χ0n) is 9.39. The zero-order valence-corrected chi connectivity index (χ0v) is 10.2. The SMILES string of the molecule is CCC(F)c1ccc(C(=O)N=C(N)N)cc1.Cl. The molecule has 1 atom stereocenters. The molecule has 0 spiro atoms. The summed E-state index contributed by atoms with van der Waals surface area (Å²) in [6.07, 6.45) is -0.603. The molecule has 0 aliphatic carbocycles. The zero-order chi connectivity index (χ0) is 12.1. The van der Waals surface area contributed by atoms with E-state index >= 15 is 0 Å². The van der Waals surface area contributed by atoms with Crippen molar-refractivity contribution in [2.45, 2.75) is 19.5 Å². The Kier molecular flexibility index (Phi) is 6.20. The maximum atomic E-state index is 13.3. The van der Waals surface area contributed by atoms with E-state index in [1.807, 2.05) is 0 Å². The minimum Gasteiger partial charge on any atom is -0.370 e. The van der Waals surface area contributed by atoms with Gasteiger partial charge >= 0.3 is 0 Å². The Balaban J connectivity index is 0.00000256. The van der Waals surface area contributed by atoms with Gasteiger partial charge in [-0.05, 0) is 24.1 Å². The van der Waals surface area contributed by atoms with E-state index in [4.69, 9.17) is 11.5 Å². The Morgan fingerprint density at radius 1 is 1.35 bits per heavy atom. The summed E-state index contributed by atoms with van der Waals surface area (Å²) in [4.78, 5) is 14.7. The Morgan fingerprint density at radius 3 is 2.29 bits per heavy atom. The first kappa shape index (κ1) is 15.4. The number of aliphatic imine (C=N–C) groups is 1. The number of benzene rings is 1. The average Bonchev–Trinajstić information content (AvgIpc) is 2.27. The number of carbonyl (C=O) groups is 1. The molecule has 1 rings (SSSR count).